The fourth-order valence-electron chi connectivity index (χ4n) is 3.20. The predicted octanol–water partition coefficient (Wildman–Crippen LogP) is 0.884. The summed E-state index contributed by atoms with van der Waals surface area (Å²) in [5, 5.41) is 3.30. The normalized spacial score (nSPS) is 24.2. The SMILES string of the molecule is CNS(=O)(=O)c1cc(C(=O)N2CCC3CCC(C2)N3)c(C)o1.Cl. The average Bonchev–Trinajstić information content (AvgIpc) is 3.01. The van der Waals surface area contributed by atoms with Gasteiger partial charge in [0.15, 0.2) is 0 Å². The van der Waals surface area contributed by atoms with Crippen LogP contribution in [0.25, 0.3) is 0 Å². The van der Waals surface area contributed by atoms with E-state index in [-0.39, 0.29) is 23.4 Å². The zero-order chi connectivity index (χ0) is 15.9. The summed E-state index contributed by atoms with van der Waals surface area (Å²) < 4.78 is 31.0. The third kappa shape index (κ3) is 3.55. The highest BCUT2D eigenvalue weighted by atomic mass is 35.5. The number of halogens is 1. The molecule has 1 amide bonds. The molecule has 1 aromatic rings. The highest BCUT2D eigenvalue weighted by Gasteiger charge is 2.33. The molecule has 3 heterocycles. The maximum Gasteiger partial charge on any atom is 0.273 e. The van der Waals surface area contributed by atoms with Crippen molar-refractivity contribution in [1.82, 2.24) is 14.9 Å². The first-order valence-electron chi connectivity index (χ1n) is 7.50. The second-order valence-electron chi connectivity index (χ2n) is 5.92. The van der Waals surface area contributed by atoms with E-state index in [1.165, 1.54) is 19.5 Å². The maximum absolute atomic E-state index is 12.7. The first-order chi connectivity index (χ1) is 10.4. The molecular formula is C14H22ClN3O4S. The maximum atomic E-state index is 12.7. The Morgan fingerprint density at radius 2 is 2.04 bits per heavy atom. The molecule has 2 unspecified atom stereocenters. The summed E-state index contributed by atoms with van der Waals surface area (Å²) in [4.78, 5) is 14.5. The van der Waals surface area contributed by atoms with Gasteiger partial charge >= 0.3 is 0 Å². The van der Waals surface area contributed by atoms with Crippen LogP contribution in [0.1, 0.15) is 35.4 Å². The van der Waals surface area contributed by atoms with E-state index in [0.717, 1.165) is 12.8 Å². The Kier molecular flexibility index (Phi) is 5.40. The van der Waals surface area contributed by atoms with Crippen molar-refractivity contribution in [1.29, 1.82) is 0 Å². The topological polar surface area (TPSA) is 91.7 Å². The number of likely N-dealkylation sites (tertiary alicyclic amines) is 1. The molecule has 2 aliphatic heterocycles. The van der Waals surface area contributed by atoms with Gasteiger partial charge in [-0.25, -0.2) is 13.1 Å². The number of carbonyl (C=O) groups excluding carboxylic acids is 1. The molecule has 0 saturated carbocycles. The number of rotatable bonds is 3. The Morgan fingerprint density at radius 1 is 1.35 bits per heavy atom. The van der Waals surface area contributed by atoms with E-state index in [0.29, 0.717) is 36.5 Å². The van der Waals surface area contributed by atoms with E-state index in [1.54, 1.807) is 11.8 Å². The summed E-state index contributed by atoms with van der Waals surface area (Å²) in [6, 6.07) is 2.15. The van der Waals surface area contributed by atoms with Gasteiger partial charge in [0.05, 0.1) is 5.56 Å². The lowest BCUT2D eigenvalue weighted by molar-refractivity contribution is 0.0746. The molecule has 3 rings (SSSR count). The number of furan rings is 1. The van der Waals surface area contributed by atoms with E-state index < -0.39 is 10.0 Å². The highest BCUT2D eigenvalue weighted by Crippen LogP contribution is 2.24. The summed E-state index contributed by atoms with van der Waals surface area (Å²) >= 11 is 0. The number of fused-ring (bicyclic) bond motifs is 2. The van der Waals surface area contributed by atoms with Crippen LogP contribution in [0.15, 0.2) is 15.6 Å². The van der Waals surface area contributed by atoms with Crippen molar-refractivity contribution < 1.29 is 17.6 Å². The number of hydrogen-bond acceptors (Lipinski definition) is 5. The average molecular weight is 364 g/mol. The van der Waals surface area contributed by atoms with E-state index in [4.69, 9.17) is 4.42 Å². The third-order valence-corrected chi connectivity index (χ3v) is 5.74. The van der Waals surface area contributed by atoms with Gasteiger partial charge < -0.3 is 14.6 Å². The summed E-state index contributed by atoms with van der Waals surface area (Å²) in [7, 11) is -2.37. The Bertz CT molecular complexity index is 688. The molecule has 23 heavy (non-hydrogen) atoms. The van der Waals surface area contributed by atoms with Crippen LogP contribution in [0.4, 0.5) is 0 Å². The molecule has 2 saturated heterocycles. The van der Waals surface area contributed by atoms with Gasteiger partial charge in [0, 0.05) is 31.2 Å². The number of carbonyl (C=O) groups is 1. The quantitative estimate of drug-likeness (QED) is 0.832. The summed E-state index contributed by atoms with van der Waals surface area (Å²) in [6.45, 7) is 2.96. The minimum absolute atomic E-state index is 0. The number of aryl methyl sites for hydroxylation is 1. The molecule has 2 atom stereocenters. The molecule has 2 N–H and O–H groups in total. The number of hydrogen-bond donors (Lipinski definition) is 2. The summed E-state index contributed by atoms with van der Waals surface area (Å²) in [5.41, 5.74) is 0.326. The standard InChI is InChI=1S/C14H21N3O4S.ClH/c1-9-12(7-13(21-9)22(19,20)15-2)14(18)17-6-5-10-3-4-11(8-17)16-10;/h7,10-11,15-16H,3-6,8H2,1-2H3;1H. The zero-order valence-electron chi connectivity index (χ0n) is 13.2. The van der Waals surface area contributed by atoms with Gasteiger partial charge in [-0.05, 0) is 33.2 Å². The lowest BCUT2D eigenvalue weighted by Crippen LogP contribution is -2.39. The van der Waals surface area contributed by atoms with Crippen LogP contribution in [0, 0.1) is 6.92 Å². The van der Waals surface area contributed by atoms with Gasteiger partial charge in [0.1, 0.15) is 5.76 Å². The second kappa shape index (κ2) is 6.80. The van der Waals surface area contributed by atoms with Gasteiger partial charge in [0.25, 0.3) is 15.9 Å². The molecule has 1 aromatic heterocycles. The number of sulfonamides is 1. The van der Waals surface area contributed by atoms with Crippen LogP contribution in [-0.4, -0.2) is 51.4 Å². The fourth-order valence-corrected chi connectivity index (χ4v) is 3.91. The van der Waals surface area contributed by atoms with Gasteiger partial charge in [0.2, 0.25) is 5.09 Å². The third-order valence-electron chi connectivity index (χ3n) is 4.47. The van der Waals surface area contributed by atoms with Crippen LogP contribution in [0.3, 0.4) is 0 Å². The van der Waals surface area contributed by atoms with Crippen LogP contribution in [0.2, 0.25) is 0 Å². The molecule has 2 aliphatic rings. The molecule has 0 spiro atoms. The van der Waals surface area contributed by atoms with Gasteiger partial charge in [-0.2, -0.15) is 0 Å². The van der Waals surface area contributed by atoms with Crippen molar-refractivity contribution >= 4 is 28.3 Å². The Hall–Kier alpha value is -1.09. The number of amides is 1. The largest absolute Gasteiger partial charge is 0.448 e. The molecule has 9 heteroatoms. The molecule has 2 bridgehead atoms. The molecular weight excluding hydrogens is 342 g/mol. The zero-order valence-corrected chi connectivity index (χ0v) is 14.8. The minimum atomic E-state index is -3.68. The van der Waals surface area contributed by atoms with E-state index >= 15 is 0 Å². The van der Waals surface area contributed by atoms with E-state index in [2.05, 4.69) is 10.0 Å². The Morgan fingerprint density at radius 3 is 2.74 bits per heavy atom. The highest BCUT2D eigenvalue weighted by molar-refractivity contribution is 7.89. The lowest BCUT2D eigenvalue weighted by Gasteiger charge is -2.24. The molecule has 130 valence electrons. The van der Waals surface area contributed by atoms with Crippen LogP contribution >= 0.6 is 12.4 Å². The van der Waals surface area contributed by atoms with Gasteiger partial charge in [-0.3, -0.25) is 4.79 Å². The predicted molar refractivity (Wildman–Crippen MR) is 87.4 cm³/mol. The number of nitrogens with one attached hydrogen (secondary N) is 2. The van der Waals surface area contributed by atoms with Crippen molar-refractivity contribution in [2.24, 2.45) is 0 Å². The van der Waals surface area contributed by atoms with Crippen molar-refractivity contribution in [2.75, 3.05) is 20.1 Å². The molecule has 0 aromatic carbocycles. The summed E-state index contributed by atoms with van der Waals surface area (Å²) in [6.07, 6.45) is 3.18. The fraction of sp³-hybridized carbons (Fsp3) is 0.643. The van der Waals surface area contributed by atoms with Crippen LogP contribution in [0.5, 0.6) is 0 Å². The number of nitrogens with zero attached hydrogens (tertiary/aromatic N) is 1. The molecule has 7 nitrogen and oxygen atoms in total. The van der Waals surface area contributed by atoms with Crippen molar-refractivity contribution in [3.8, 4) is 0 Å². The van der Waals surface area contributed by atoms with Crippen LogP contribution in [-0.2, 0) is 10.0 Å². The first kappa shape index (κ1) is 18.3. The van der Waals surface area contributed by atoms with Crippen LogP contribution < -0.4 is 10.0 Å². The smallest absolute Gasteiger partial charge is 0.273 e. The molecule has 0 aliphatic carbocycles. The Balaban J connectivity index is 0.00000192. The second-order valence-corrected chi connectivity index (χ2v) is 7.74. The summed E-state index contributed by atoms with van der Waals surface area (Å²) in [5.74, 6) is 0.175. The minimum Gasteiger partial charge on any atom is -0.448 e. The van der Waals surface area contributed by atoms with Gasteiger partial charge in [-0.15, -0.1) is 12.4 Å². The monoisotopic (exact) mass is 363 g/mol. The van der Waals surface area contributed by atoms with Crippen molar-refractivity contribution in [3.63, 3.8) is 0 Å². The molecule has 2 fully saturated rings. The van der Waals surface area contributed by atoms with Crippen molar-refractivity contribution in [3.05, 3.63) is 17.4 Å². The lowest BCUT2D eigenvalue weighted by atomic mass is 10.1. The first-order valence-corrected chi connectivity index (χ1v) is 8.98. The van der Waals surface area contributed by atoms with E-state index in [9.17, 15) is 13.2 Å². The van der Waals surface area contributed by atoms with Gasteiger partial charge in [-0.1, -0.05) is 0 Å². The van der Waals surface area contributed by atoms with Crippen molar-refractivity contribution in [2.45, 2.75) is 43.4 Å². The van der Waals surface area contributed by atoms with E-state index in [1.807, 2.05) is 0 Å². The Labute approximate surface area is 142 Å². The molecule has 0 radical (unpaired) electrons.